The van der Waals surface area contributed by atoms with Gasteiger partial charge in [0.2, 0.25) is 0 Å². The van der Waals surface area contributed by atoms with Crippen molar-refractivity contribution < 1.29 is 13.6 Å². The summed E-state index contributed by atoms with van der Waals surface area (Å²) in [4.78, 5) is 11.6. The summed E-state index contributed by atoms with van der Waals surface area (Å²) in [6, 6.07) is 7.44. The lowest BCUT2D eigenvalue weighted by Gasteiger charge is -2.04. The van der Waals surface area contributed by atoms with Crippen LogP contribution in [-0.2, 0) is 6.54 Å². The molecule has 0 bridgehead atoms. The van der Waals surface area contributed by atoms with Gasteiger partial charge in [-0.1, -0.05) is 6.92 Å². The third-order valence-corrected chi connectivity index (χ3v) is 3.79. The van der Waals surface area contributed by atoms with Crippen molar-refractivity contribution in [2.45, 2.75) is 25.8 Å². The van der Waals surface area contributed by atoms with Gasteiger partial charge in [-0.25, -0.2) is 0 Å². The van der Waals surface area contributed by atoms with E-state index in [1.165, 1.54) is 12.7 Å². The van der Waals surface area contributed by atoms with Gasteiger partial charge >= 0.3 is 0 Å². The van der Waals surface area contributed by atoms with Crippen LogP contribution in [0.5, 0.6) is 0 Å². The van der Waals surface area contributed by atoms with Crippen LogP contribution >= 0.6 is 0 Å². The number of carbonyl (C=O) groups is 1. The molecule has 1 aliphatic rings. The molecule has 2 unspecified atom stereocenters. The Balaban J connectivity index is 1.33. The molecule has 21 heavy (non-hydrogen) atoms. The van der Waals surface area contributed by atoms with Crippen LogP contribution in [0.3, 0.4) is 0 Å². The SMILES string of the molecule is CC1CC1c1ccc(CNCCNC(=O)c2ccco2)o1. The Bertz CT molecular complexity index is 588. The van der Waals surface area contributed by atoms with Gasteiger partial charge in [-0.15, -0.1) is 0 Å². The highest BCUT2D eigenvalue weighted by Crippen LogP contribution is 2.47. The van der Waals surface area contributed by atoms with E-state index in [0.717, 1.165) is 17.4 Å². The first-order valence-electron chi connectivity index (χ1n) is 7.35. The number of rotatable bonds is 7. The van der Waals surface area contributed by atoms with Gasteiger partial charge in [-0.3, -0.25) is 4.79 Å². The highest BCUT2D eigenvalue weighted by molar-refractivity contribution is 5.91. The highest BCUT2D eigenvalue weighted by Gasteiger charge is 2.36. The average Bonchev–Trinajstić information content (AvgIpc) is 2.92. The lowest BCUT2D eigenvalue weighted by Crippen LogP contribution is -2.31. The molecule has 0 spiro atoms. The third-order valence-electron chi connectivity index (χ3n) is 3.79. The second-order valence-corrected chi connectivity index (χ2v) is 5.53. The second-order valence-electron chi connectivity index (χ2n) is 5.53. The van der Waals surface area contributed by atoms with Crippen molar-refractivity contribution in [3.8, 4) is 0 Å². The van der Waals surface area contributed by atoms with E-state index >= 15 is 0 Å². The van der Waals surface area contributed by atoms with Gasteiger partial charge in [0.15, 0.2) is 5.76 Å². The summed E-state index contributed by atoms with van der Waals surface area (Å²) in [5.41, 5.74) is 0. The van der Waals surface area contributed by atoms with Crippen molar-refractivity contribution in [3.05, 3.63) is 47.8 Å². The Morgan fingerprint density at radius 1 is 1.33 bits per heavy atom. The van der Waals surface area contributed by atoms with Gasteiger partial charge in [0.1, 0.15) is 11.5 Å². The Morgan fingerprint density at radius 3 is 2.90 bits per heavy atom. The quantitative estimate of drug-likeness (QED) is 0.768. The fraction of sp³-hybridized carbons (Fsp3) is 0.438. The fourth-order valence-electron chi connectivity index (χ4n) is 2.38. The minimum absolute atomic E-state index is 0.190. The van der Waals surface area contributed by atoms with Gasteiger partial charge in [-0.2, -0.15) is 0 Å². The summed E-state index contributed by atoms with van der Waals surface area (Å²) in [5, 5.41) is 6.03. The fourth-order valence-corrected chi connectivity index (χ4v) is 2.38. The van der Waals surface area contributed by atoms with Crippen molar-refractivity contribution in [1.29, 1.82) is 0 Å². The van der Waals surface area contributed by atoms with Gasteiger partial charge in [0.05, 0.1) is 12.8 Å². The number of hydrogen-bond donors (Lipinski definition) is 2. The molecule has 2 heterocycles. The van der Waals surface area contributed by atoms with Crippen LogP contribution in [0.4, 0.5) is 0 Å². The highest BCUT2D eigenvalue weighted by atomic mass is 16.3. The van der Waals surface area contributed by atoms with E-state index in [0.29, 0.717) is 31.3 Å². The largest absolute Gasteiger partial charge is 0.464 e. The molecule has 2 N–H and O–H groups in total. The zero-order valence-electron chi connectivity index (χ0n) is 12.1. The van der Waals surface area contributed by atoms with E-state index in [1.54, 1.807) is 12.1 Å². The number of hydrogen-bond acceptors (Lipinski definition) is 4. The van der Waals surface area contributed by atoms with E-state index in [1.807, 2.05) is 6.07 Å². The topological polar surface area (TPSA) is 67.4 Å². The van der Waals surface area contributed by atoms with Gasteiger partial charge in [0.25, 0.3) is 5.91 Å². The molecule has 2 aromatic rings. The number of nitrogens with one attached hydrogen (secondary N) is 2. The monoisotopic (exact) mass is 288 g/mol. The third kappa shape index (κ3) is 3.55. The molecule has 1 saturated carbocycles. The van der Waals surface area contributed by atoms with Crippen molar-refractivity contribution in [1.82, 2.24) is 10.6 Å². The van der Waals surface area contributed by atoms with E-state index in [9.17, 15) is 4.79 Å². The van der Waals surface area contributed by atoms with Crippen LogP contribution < -0.4 is 10.6 Å². The van der Waals surface area contributed by atoms with Gasteiger partial charge in [0, 0.05) is 19.0 Å². The summed E-state index contributed by atoms with van der Waals surface area (Å²) in [5.74, 6) is 3.57. The maximum Gasteiger partial charge on any atom is 0.287 e. The molecular weight excluding hydrogens is 268 g/mol. The molecule has 5 heteroatoms. The van der Waals surface area contributed by atoms with E-state index < -0.39 is 0 Å². The Hall–Kier alpha value is -2.01. The molecule has 3 rings (SSSR count). The van der Waals surface area contributed by atoms with E-state index in [2.05, 4.69) is 23.6 Å². The van der Waals surface area contributed by atoms with Crippen molar-refractivity contribution in [3.63, 3.8) is 0 Å². The van der Waals surface area contributed by atoms with Crippen molar-refractivity contribution in [2.24, 2.45) is 5.92 Å². The number of carbonyl (C=O) groups excluding carboxylic acids is 1. The molecule has 2 aromatic heterocycles. The number of amides is 1. The summed E-state index contributed by atoms with van der Waals surface area (Å²) < 4.78 is 10.8. The molecule has 0 aliphatic heterocycles. The molecule has 1 fully saturated rings. The molecule has 112 valence electrons. The number of furan rings is 2. The van der Waals surface area contributed by atoms with E-state index in [-0.39, 0.29) is 5.91 Å². The molecule has 0 radical (unpaired) electrons. The summed E-state index contributed by atoms with van der Waals surface area (Å²) in [6.07, 6.45) is 2.72. The Morgan fingerprint density at radius 2 is 2.19 bits per heavy atom. The minimum atomic E-state index is -0.190. The van der Waals surface area contributed by atoms with Gasteiger partial charge in [-0.05, 0) is 36.6 Å². The zero-order valence-corrected chi connectivity index (χ0v) is 12.1. The minimum Gasteiger partial charge on any atom is -0.464 e. The maximum atomic E-state index is 11.6. The lowest BCUT2D eigenvalue weighted by atomic mass is 10.3. The van der Waals surface area contributed by atoms with Crippen LogP contribution in [0.15, 0.2) is 39.4 Å². The predicted molar refractivity (Wildman–Crippen MR) is 78.0 cm³/mol. The zero-order chi connectivity index (χ0) is 14.7. The smallest absolute Gasteiger partial charge is 0.287 e. The molecule has 1 aliphatic carbocycles. The lowest BCUT2D eigenvalue weighted by molar-refractivity contribution is 0.0926. The van der Waals surface area contributed by atoms with Crippen LogP contribution in [-0.4, -0.2) is 19.0 Å². The predicted octanol–water partition coefficient (Wildman–Crippen LogP) is 2.52. The molecule has 0 aromatic carbocycles. The van der Waals surface area contributed by atoms with Crippen LogP contribution in [0.1, 0.15) is 41.3 Å². The van der Waals surface area contributed by atoms with Crippen molar-refractivity contribution >= 4 is 5.91 Å². The molecule has 1 amide bonds. The van der Waals surface area contributed by atoms with Crippen LogP contribution in [0, 0.1) is 5.92 Å². The summed E-state index contributed by atoms with van der Waals surface area (Å²) >= 11 is 0. The second kappa shape index (κ2) is 6.18. The standard InChI is InChI=1S/C16H20N2O3/c1-11-9-13(11)14-5-4-12(21-14)10-17-6-7-18-16(19)15-3-2-8-20-15/h2-5,8,11,13,17H,6-7,9-10H2,1H3,(H,18,19). The first kappa shape index (κ1) is 13.9. The first-order valence-corrected chi connectivity index (χ1v) is 7.35. The molecule has 0 saturated heterocycles. The summed E-state index contributed by atoms with van der Waals surface area (Å²) in [7, 11) is 0. The summed E-state index contributed by atoms with van der Waals surface area (Å²) in [6.45, 7) is 4.15. The molecule has 2 atom stereocenters. The first-order chi connectivity index (χ1) is 10.2. The molecular formula is C16H20N2O3. The van der Waals surface area contributed by atoms with Crippen molar-refractivity contribution in [2.75, 3.05) is 13.1 Å². The average molecular weight is 288 g/mol. The van der Waals surface area contributed by atoms with Gasteiger partial charge < -0.3 is 19.5 Å². The Labute approximate surface area is 123 Å². The normalized spacial score (nSPS) is 20.4. The van der Waals surface area contributed by atoms with E-state index in [4.69, 9.17) is 8.83 Å². The Kier molecular flexibility index (Phi) is 4.10. The molecule has 5 nitrogen and oxygen atoms in total. The van der Waals surface area contributed by atoms with Crippen LogP contribution in [0.2, 0.25) is 0 Å². The maximum absolute atomic E-state index is 11.6. The van der Waals surface area contributed by atoms with Crippen LogP contribution in [0.25, 0.3) is 0 Å².